The van der Waals surface area contributed by atoms with Crippen molar-refractivity contribution in [3.63, 3.8) is 0 Å². The van der Waals surface area contributed by atoms with Crippen LogP contribution in [0.1, 0.15) is 71.6 Å². The fraction of sp³-hybridized carbons (Fsp3) is 1.00. The Morgan fingerprint density at radius 1 is 0.842 bits per heavy atom. The van der Waals surface area contributed by atoms with Crippen molar-refractivity contribution in [2.75, 3.05) is 19.8 Å². The van der Waals surface area contributed by atoms with Crippen LogP contribution in [0.25, 0.3) is 0 Å². The molecule has 2 N–H and O–H groups in total. The lowest BCUT2D eigenvalue weighted by Gasteiger charge is -2.08. The number of aliphatic hydroxyl groups is 2. The van der Waals surface area contributed by atoms with Crippen LogP contribution in [-0.2, 0) is 4.74 Å². The predicted octanol–water partition coefficient (Wildman–Crippen LogP) is 3.52. The quantitative estimate of drug-likeness (QED) is 0.476. The Morgan fingerprint density at radius 3 is 1.89 bits per heavy atom. The fourth-order valence-electron chi connectivity index (χ4n) is 2.09. The van der Waals surface area contributed by atoms with Crippen LogP contribution in [0.5, 0.6) is 0 Å². The van der Waals surface area contributed by atoms with Crippen molar-refractivity contribution in [1.82, 2.24) is 0 Å². The van der Waals surface area contributed by atoms with Gasteiger partial charge in [0.1, 0.15) is 6.10 Å². The highest BCUT2D eigenvalue weighted by molar-refractivity contribution is 4.51. The molecule has 0 aromatic rings. The van der Waals surface area contributed by atoms with Crippen molar-refractivity contribution >= 4 is 0 Å². The summed E-state index contributed by atoms with van der Waals surface area (Å²) < 4.78 is 5.26. The number of ether oxygens (including phenoxy) is 1. The highest BCUT2D eigenvalue weighted by Gasteiger charge is 2.00. The van der Waals surface area contributed by atoms with Gasteiger partial charge in [-0.15, -0.1) is 0 Å². The highest BCUT2D eigenvalue weighted by atomic mass is 16.5. The molecule has 0 aliphatic heterocycles. The maximum atomic E-state index is 9.06. The van der Waals surface area contributed by atoms with Crippen LogP contribution < -0.4 is 0 Å². The van der Waals surface area contributed by atoms with Gasteiger partial charge in [0.2, 0.25) is 0 Å². The molecular formula is C16H34O3. The fourth-order valence-corrected chi connectivity index (χ4v) is 2.09. The van der Waals surface area contributed by atoms with Crippen LogP contribution in [0.3, 0.4) is 0 Å². The van der Waals surface area contributed by atoms with E-state index in [1.165, 1.54) is 51.4 Å². The van der Waals surface area contributed by atoms with Crippen molar-refractivity contribution in [3.05, 3.63) is 0 Å². The summed E-state index contributed by atoms with van der Waals surface area (Å²) in [4.78, 5) is 0. The third kappa shape index (κ3) is 15.8. The molecule has 0 rings (SSSR count). The van der Waals surface area contributed by atoms with Gasteiger partial charge in [0.15, 0.2) is 0 Å². The van der Waals surface area contributed by atoms with Gasteiger partial charge in [-0.3, -0.25) is 0 Å². The van der Waals surface area contributed by atoms with Gasteiger partial charge in [-0.25, -0.2) is 0 Å². The van der Waals surface area contributed by atoms with Crippen molar-refractivity contribution < 1.29 is 14.9 Å². The molecule has 1 atom stereocenters. The molecule has 3 heteroatoms. The first-order chi connectivity index (χ1) is 9.16. The third-order valence-corrected chi connectivity index (χ3v) is 3.34. The van der Waals surface area contributed by atoms with Crippen LogP contribution in [0.2, 0.25) is 0 Å². The zero-order valence-electron chi connectivity index (χ0n) is 12.9. The average Bonchev–Trinajstić information content (AvgIpc) is 2.39. The van der Waals surface area contributed by atoms with Gasteiger partial charge < -0.3 is 14.9 Å². The topological polar surface area (TPSA) is 49.7 Å². The molecule has 0 radical (unpaired) electrons. The first-order valence-corrected chi connectivity index (χ1v) is 8.03. The van der Waals surface area contributed by atoms with E-state index in [4.69, 9.17) is 14.9 Å². The Labute approximate surface area is 119 Å². The molecule has 1 unspecified atom stereocenters. The van der Waals surface area contributed by atoms with Crippen LogP contribution in [0.15, 0.2) is 0 Å². The minimum absolute atomic E-state index is 0.211. The van der Waals surface area contributed by atoms with Gasteiger partial charge in [-0.05, 0) is 12.3 Å². The van der Waals surface area contributed by atoms with Crippen molar-refractivity contribution in [3.8, 4) is 0 Å². The van der Waals surface area contributed by atoms with E-state index in [9.17, 15) is 0 Å². The Kier molecular flexibility index (Phi) is 14.2. The SMILES string of the molecule is CC(C)CCCCCCCCCCOCC(O)CO. The standard InChI is InChI=1S/C16H34O3/c1-15(2)11-9-7-5-3-4-6-8-10-12-19-14-16(18)13-17/h15-18H,3-14H2,1-2H3. The molecule has 0 aromatic heterocycles. The number of hydrogen-bond acceptors (Lipinski definition) is 3. The largest absolute Gasteiger partial charge is 0.394 e. The van der Waals surface area contributed by atoms with Crippen LogP contribution >= 0.6 is 0 Å². The summed E-state index contributed by atoms with van der Waals surface area (Å²) in [6.45, 7) is 5.33. The summed E-state index contributed by atoms with van der Waals surface area (Å²) in [6.07, 6.45) is 11.1. The number of rotatable bonds is 14. The Balaban J connectivity index is 2.99. The number of aliphatic hydroxyl groups excluding tert-OH is 2. The molecule has 0 fully saturated rings. The Bertz CT molecular complexity index is 171. The molecule has 19 heavy (non-hydrogen) atoms. The number of unbranched alkanes of at least 4 members (excludes halogenated alkanes) is 7. The van der Waals surface area contributed by atoms with Crippen molar-refractivity contribution in [1.29, 1.82) is 0 Å². The molecule has 0 amide bonds. The Hall–Kier alpha value is -0.120. The smallest absolute Gasteiger partial charge is 0.100 e. The van der Waals surface area contributed by atoms with Gasteiger partial charge >= 0.3 is 0 Å². The van der Waals surface area contributed by atoms with E-state index >= 15 is 0 Å². The monoisotopic (exact) mass is 274 g/mol. The third-order valence-electron chi connectivity index (χ3n) is 3.34. The lowest BCUT2D eigenvalue weighted by atomic mass is 10.0. The molecule has 0 spiro atoms. The lowest BCUT2D eigenvalue weighted by Crippen LogP contribution is -2.19. The Morgan fingerprint density at radius 2 is 1.37 bits per heavy atom. The molecule has 3 nitrogen and oxygen atoms in total. The minimum atomic E-state index is -0.717. The lowest BCUT2D eigenvalue weighted by molar-refractivity contribution is 0.00526. The second-order valence-electron chi connectivity index (χ2n) is 5.92. The molecule has 0 saturated carbocycles. The normalized spacial score (nSPS) is 13.1. The predicted molar refractivity (Wildman–Crippen MR) is 80.3 cm³/mol. The second-order valence-corrected chi connectivity index (χ2v) is 5.92. The minimum Gasteiger partial charge on any atom is -0.394 e. The molecular weight excluding hydrogens is 240 g/mol. The maximum Gasteiger partial charge on any atom is 0.100 e. The molecule has 116 valence electrons. The van der Waals surface area contributed by atoms with Crippen molar-refractivity contribution in [2.24, 2.45) is 5.92 Å². The van der Waals surface area contributed by atoms with Gasteiger partial charge in [0, 0.05) is 6.61 Å². The maximum absolute atomic E-state index is 9.06. The summed E-state index contributed by atoms with van der Waals surface area (Å²) in [5.41, 5.74) is 0. The summed E-state index contributed by atoms with van der Waals surface area (Å²) in [5.74, 6) is 0.851. The van der Waals surface area contributed by atoms with Gasteiger partial charge in [0.05, 0.1) is 13.2 Å². The van der Waals surface area contributed by atoms with Crippen LogP contribution in [0.4, 0.5) is 0 Å². The van der Waals surface area contributed by atoms with Crippen LogP contribution in [-0.4, -0.2) is 36.1 Å². The van der Waals surface area contributed by atoms with E-state index in [-0.39, 0.29) is 13.2 Å². The molecule has 0 aromatic carbocycles. The van der Waals surface area contributed by atoms with E-state index in [1.807, 2.05) is 0 Å². The summed E-state index contributed by atoms with van der Waals surface area (Å²) >= 11 is 0. The second kappa shape index (κ2) is 14.3. The van der Waals surface area contributed by atoms with E-state index in [1.54, 1.807) is 0 Å². The number of hydrogen-bond donors (Lipinski definition) is 2. The molecule has 0 aliphatic rings. The first-order valence-electron chi connectivity index (χ1n) is 8.03. The van der Waals surface area contributed by atoms with E-state index in [0.29, 0.717) is 6.61 Å². The first kappa shape index (κ1) is 18.9. The molecule has 0 bridgehead atoms. The van der Waals surface area contributed by atoms with E-state index in [2.05, 4.69) is 13.8 Å². The summed E-state index contributed by atoms with van der Waals surface area (Å²) in [5, 5.41) is 17.7. The molecule has 0 saturated heterocycles. The average molecular weight is 274 g/mol. The molecule has 0 heterocycles. The van der Waals surface area contributed by atoms with Crippen molar-refractivity contribution in [2.45, 2.75) is 77.7 Å². The van der Waals surface area contributed by atoms with Gasteiger partial charge in [0.25, 0.3) is 0 Å². The summed E-state index contributed by atoms with van der Waals surface area (Å²) in [7, 11) is 0. The van der Waals surface area contributed by atoms with E-state index < -0.39 is 6.10 Å². The zero-order chi connectivity index (χ0) is 14.3. The van der Waals surface area contributed by atoms with Gasteiger partial charge in [-0.1, -0.05) is 65.2 Å². The van der Waals surface area contributed by atoms with Gasteiger partial charge in [-0.2, -0.15) is 0 Å². The van der Waals surface area contributed by atoms with E-state index in [0.717, 1.165) is 12.3 Å². The van der Waals surface area contributed by atoms with Crippen LogP contribution in [0, 0.1) is 5.92 Å². The zero-order valence-corrected chi connectivity index (χ0v) is 12.9. The highest BCUT2D eigenvalue weighted by Crippen LogP contribution is 2.12. The molecule has 0 aliphatic carbocycles. The summed E-state index contributed by atoms with van der Waals surface area (Å²) in [6, 6.07) is 0.